The Hall–Kier alpha value is 0.337. The normalized spacial score (nSPS) is 5.30. The van der Waals surface area contributed by atoms with Crippen molar-refractivity contribution in [3.8, 4) is 12.9 Å². The van der Waals surface area contributed by atoms with Gasteiger partial charge >= 0.3 is 98.5 Å². The van der Waals surface area contributed by atoms with Crippen LogP contribution in [0.5, 0.6) is 0 Å². The molecule has 0 heterocycles. The molecule has 0 radical (unpaired) electrons. The average Bonchev–Trinajstić information content (AvgIpc) is 1.96. The van der Waals surface area contributed by atoms with Gasteiger partial charge in [0, 0.05) is 0 Å². The van der Waals surface area contributed by atoms with Crippen molar-refractivity contribution in [1.29, 1.82) is 21.0 Å². The van der Waals surface area contributed by atoms with E-state index in [0.29, 0.717) is 0 Å². The Labute approximate surface area is 108 Å². The summed E-state index contributed by atoms with van der Waals surface area (Å²) in [5, 5.41) is 29.9. The Bertz CT molecular complexity index is 171. The molecule has 0 unspecified atom stereocenters. The van der Waals surface area contributed by atoms with Crippen LogP contribution in [0.3, 0.4) is 0 Å². The van der Waals surface area contributed by atoms with Crippen molar-refractivity contribution in [3.05, 3.63) is 6.57 Å². The topological polar surface area (TPSA) is 95.2 Å². The van der Waals surface area contributed by atoms with E-state index in [0.717, 1.165) is 0 Å². The zero-order valence-electron chi connectivity index (χ0n) is 5.09. The first-order chi connectivity index (χ1) is 4.35. The van der Waals surface area contributed by atoms with Crippen molar-refractivity contribution in [3.63, 3.8) is 0 Å². The van der Waals surface area contributed by atoms with Gasteiger partial charge in [-0.3, -0.25) is 0 Å². The van der Waals surface area contributed by atoms with Crippen LogP contribution in [0.25, 0.3) is 0 Å². The third-order valence-electron chi connectivity index (χ3n) is 0.202. The minimum Gasteiger partial charge on any atom is -0.512 e. The van der Waals surface area contributed by atoms with Gasteiger partial charge in [0.1, 0.15) is 0 Å². The molecule has 0 N–H and O–H groups in total. The molecule has 0 aromatic rings. The van der Waals surface area contributed by atoms with Crippen LogP contribution >= 0.6 is 0 Å². The molecule has 0 rings (SSSR count). The van der Waals surface area contributed by atoms with Gasteiger partial charge in [-0.25, -0.2) is 0 Å². The first kappa shape index (κ1) is 16.7. The quantitative estimate of drug-likeness (QED) is 0.350. The number of nitriles is 3. The summed E-state index contributed by atoms with van der Waals surface area (Å²) in [7, 11) is 0. The minimum atomic E-state index is -2.33. The number of hydrogen-bond donors (Lipinski definition) is 0. The van der Waals surface area contributed by atoms with E-state index in [1.54, 1.807) is 12.9 Å². The summed E-state index contributed by atoms with van der Waals surface area (Å²) in [5.41, 5.74) is 0. The molecule has 0 aliphatic heterocycles. The largest absolute Gasteiger partial charge is 1.00 e. The molecule has 0 saturated heterocycles. The van der Waals surface area contributed by atoms with Gasteiger partial charge in [0.2, 0.25) is 0 Å². The molecule has 10 heavy (non-hydrogen) atoms. The zero-order valence-corrected chi connectivity index (χ0v) is 10.4. The van der Waals surface area contributed by atoms with Crippen molar-refractivity contribution in [2.45, 2.75) is 0 Å². The second-order valence-electron chi connectivity index (χ2n) is 0.428. The monoisotopic (exact) mass is 340 g/mol. The van der Waals surface area contributed by atoms with Gasteiger partial charge in [-0.15, -0.1) is 0 Å². The van der Waals surface area contributed by atoms with Gasteiger partial charge in [0.15, 0.2) is 0 Å². The molecule has 0 bridgehead atoms. The molecular weight excluding hydrogens is 340 g/mol. The van der Waals surface area contributed by atoms with Crippen LogP contribution in [-0.4, -0.2) is 0 Å². The molecule has 0 saturated carbocycles. The summed E-state index contributed by atoms with van der Waals surface area (Å²) in [5.74, 6) is 0. The Morgan fingerprint density at radius 2 is 1.10 bits per heavy atom. The summed E-state index contributed by atoms with van der Waals surface area (Å²) in [6.07, 6.45) is 0. The van der Waals surface area contributed by atoms with Gasteiger partial charge in [0.05, 0.1) is 0 Å². The predicted octanol–water partition coefficient (Wildman–Crippen LogP) is -2.85. The third-order valence-corrected chi connectivity index (χ3v) is 1.66. The third kappa shape index (κ3) is 11.2. The standard InChI is InChI=1S/4CN.Au.K/c4*1-2;;/q;;;-1;;+1. The van der Waals surface area contributed by atoms with Crippen LogP contribution in [-0.2, 0) is 18.4 Å². The van der Waals surface area contributed by atoms with Gasteiger partial charge in [0.25, 0.3) is 0 Å². The van der Waals surface area contributed by atoms with E-state index < -0.39 is 18.4 Å². The summed E-state index contributed by atoms with van der Waals surface area (Å²) >= 11 is -2.33. The molecule has 0 aromatic heterocycles. The fourth-order valence-electron chi connectivity index (χ4n) is 0.0452. The molecule has 0 aliphatic carbocycles. The van der Waals surface area contributed by atoms with E-state index in [9.17, 15) is 0 Å². The number of nitrogens with zero attached hydrogens (tertiary/aromatic N) is 4. The maximum Gasteiger partial charge on any atom is 1.00 e. The van der Waals surface area contributed by atoms with Gasteiger partial charge in [-0.2, -0.15) is 0 Å². The SMILES string of the molecule is N#[C][Au]([C]#N)[C]#N.[C-]#N.[K+]. The van der Waals surface area contributed by atoms with E-state index in [1.165, 1.54) is 0 Å². The number of rotatable bonds is 0. The summed E-state index contributed by atoms with van der Waals surface area (Å²) in [6.45, 7) is 4.75. The molecule has 0 atom stereocenters. The van der Waals surface area contributed by atoms with E-state index >= 15 is 0 Å². The predicted molar refractivity (Wildman–Crippen MR) is 21.8 cm³/mol. The Balaban J connectivity index is -0.000000149. The van der Waals surface area contributed by atoms with Crippen LogP contribution in [0.1, 0.15) is 0 Å². The summed E-state index contributed by atoms with van der Waals surface area (Å²) in [6, 6.07) is 0. The van der Waals surface area contributed by atoms with Gasteiger partial charge < -0.3 is 11.8 Å². The van der Waals surface area contributed by atoms with E-state index in [2.05, 4.69) is 0 Å². The molecule has 0 amide bonds. The van der Waals surface area contributed by atoms with Gasteiger partial charge in [-0.1, -0.05) is 0 Å². The van der Waals surface area contributed by atoms with Crippen molar-refractivity contribution in [1.82, 2.24) is 0 Å². The van der Waals surface area contributed by atoms with Gasteiger partial charge in [-0.05, 0) is 0 Å². The van der Waals surface area contributed by atoms with Crippen LogP contribution in [0.2, 0.25) is 0 Å². The fraction of sp³-hybridized carbons (Fsp3) is 0. The molecule has 0 fully saturated rings. The Morgan fingerprint density at radius 1 is 0.900 bits per heavy atom. The maximum atomic E-state index is 7.90. The van der Waals surface area contributed by atoms with Crippen molar-refractivity contribution < 1.29 is 69.8 Å². The van der Waals surface area contributed by atoms with E-state index in [-0.39, 0.29) is 51.4 Å². The van der Waals surface area contributed by atoms with E-state index in [4.69, 9.17) is 27.6 Å². The summed E-state index contributed by atoms with van der Waals surface area (Å²) in [4.78, 5) is 0. The minimum absolute atomic E-state index is 0. The first-order valence-corrected chi connectivity index (χ1v) is 4.60. The van der Waals surface area contributed by atoms with Crippen molar-refractivity contribution in [2.24, 2.45) is 0 Å². The van der Waals surface area contributed by atoms with Crippen LogP contribution in [0.4, 0.5) is 0 Å². The molecule has 0 aliphatic rings. The van der Waals surface area contributed by atoms with Crippen LogP contribution in [0.15, 0.2) is 0 Å². The van der Waals surface area contributed by atoms with E-state index in [1.807, 2.05) is 0 Å². The Kier molecular flexibility index (Phi) is 27.1. The smallest absolute Gasteiger partial charge is 0.512 e. The first-order valence-electron chi connectivity index (χ1n) is 1.35. The molecule has 0 spiro atoms. The van der Waals surface area contributed by atoms with Crippen molar-refractivity contribution in [2.75, 3.05) is 0 Å². The Morgan fingerprint density at radius 3 is 1.10 bits per heavy atom. The van der Waals surface area contributed by atoms with Crippen molar-refractivity contribution >= 4 is 0 Å². The van der Waals surface area contributed by atoms with Crippen LogP contribution in [0, 0.1) is 40.5 Å². The molecule has 0 aromatic carbocycles. The second-order valence-corrected chi connectivity index (χ2v) is 3.51. The fourth-order valence-corrected chi connectivity index (χ4v) is 0.370. The molecule has 6 heteroatoms. The average molecular weight is 340 g/mol. The molecule has 48 valence electrons. The molecular formula is C4AuKN4. The molecule has 4 nitrogen and oxygen atoms in total. The maximum absolute atomic E-state index is 7.90. The van der Waals surface area contributed by atoms with Crippen LogP contribution < -0.4 is 51.4 Å². The summed E-state index contributed by atoms with van der Waals surface area (Å²) < 4.78 is 4.88. The second kappa shape index (κ2) is 16.2. The number of hydrogen-bond acceptors (Lipinski definition) is 4. The zero-order chi connectivity index (χ0) is 7.70.